The number of rotatable bonds is 4. The molecule has 1 saturated heterocycles. The third-order valence-electron chi connectivity index (χ3n) is 3.76. The Bertz CT molecular complexity index is 400. The third-order valence-corrected chi connectivity index (χ3v) is 3.76. The van der Waals surface area contributed by atoms with E-state index in [1.807, 2.05) is 0 Å². The van der Waals surface area contributed by atoms with Crippen molar-refractivity contribution in [3.8, 4) is 0 Å². The zero-order valence-corrected chi connectivity index (χ0v) is 11.7. The molecular formula is C13H21N3O4. The van der Waals surface area contributed by atoms with Gasteiger partial charge in [0.25, 0.3) is 0 Å². The van der Waals surface area contributed by atoms with E-state index in [4.69, 9.17) is 5.11 Å². The fourth-order valence-corrected chi connectivity index (χ4v) is 2.34. The van der Waals surface area contributed by atoms with Crippen molar-refractivity contribution in [2.24, 2.45) is 5.92 Å². The zero-order chi connectivity index (χ0) is 14.7. The molecule has 2 rings (SSSR count). The number of nitrogens with zero attached hydrogens (tertiary/aromatic N) is 2. The molecule has 0 unspecified atom stereocenters. The maximum Gasteiger partial charge on any atom is 0.320 e. The van der Waals surface area contributed by atoms with E-state index in [2.05, 4.69) is 5.32 Å². The number of amides is 3. The number of likely N-dealkylation sites (N-methyl/N-ethyl adjacent to an activating group) is 1. The number of hydrogen-bond donors (Lipinski definition) is 2. The zero-order valence-electron chi connectivity index (χ0n) is 11.7. The van der Waals surface area contributed by atoms with Gasteiger partial charge in [0.05, 0.1) is 5.92 Å². The molecule has 0 radical (unpaired) electrons. The van der Waals surface area contributed by atoms with Gasteiger partial charge in [-0.2, -0.15) is 0 Å². The molecule has 0 aromatic carbocycles. The summed E-state index contributed by atoms with van der Waals surface area (Å²) < 4.78 is 0. The van der Waals surface area contributed by atoms with Crippen LogP contribution in [0.15, 0.2) is 0 Å². The first kappa shape index (κ1) is 14.6. The predicted molar refractivity (Wildman–Crippen MR) is 71.1 cm³/mol. The van der Waals surface area contributed by atoms with Crippen LogP contribution in [0.1, 0.15) is 25.7 Å². The molecule has 1 aliphatic heterocycles. The summed E-state index contributed by atoms with van der Waals surface area (Å²) in [5.74, 6) is -1.29. The molecule has 20 heavy (non-hydrogen) atoms. The van der Waals surface area contributed by atoms with Crippen LogP contribution in [-0.4, -0.2) is 65.5 Å². The first-order valence-corrected chi connectivity index (χ1v) is 6.99. The molecule has 112 valence electrons. The molecule has 3 amide bonds. The second-order valence-corrected chi connectivity index (χ2v) is 5.58. The molecule has 2 aliphatic rings. The normalized spacial score (nSPS) is 19.6. The highest BCUT2D eigenvalue weighted by atomic mass is 16.4. The quantitative estimate of drug-likeness (QED) is 0.766. The topological polar surface area (TPSA) is 90.0 Å². The van der Waals surface area contributed by atoms with Gasteiger partial charge in [0.2, 0.25) is 5.91 Å². The smallest absolute Gasteiger partial charge is 0.320 e. The van der Waals surface area contributed by atoms with Gasteiger partial charge in [0, 0.05) is 26.2 Å². The number of carbonyl (C=O) groups excluding carboxylic acids is 2. The Morgan fingerprint density at radius 3 is 2.30 bits per heavy atom. The first-order chi connectivity index (χ1) is 9.47. The molecule has 1 heterocycles. The van der Waals surface area contributed by atoms with Gasteiger partial charge in [-0.1, -0.05) is 0 Å². The number of carbonyl (C=O) groups is 3. The second-order valence-electron chi connectivity index (χ2n) is 5.58. The number of hydrogen-bond acceptors (Lipinski definition) is 3. The first-order valence-electron chi connectivity index (χ1n) is 6.99. The molecule has 2 fully saturated rings. The maximum atomic E-state index is 12.1. The van der Waals surface area contributed by atoms with Crippen LogP contribution in [0.25, 0.3) is 0 Å². The highest BCUT2D eigenvalue weighted by molar-refractivity contribution is 5.84. The summed E-state index contributed by atoms with van der Waals surface area (Å²) in [6.07, 6.45) is 2.99. The lowest BCUT2D eigenvalue weighted by molar-refractivity contribution is -0.143. The summed E-state index contributed by atoms with van der Waals surface area (Å²) in [4.78, 5) is 37.6. The van der Waals surface area contributed by atoms with Crippen molar-refractivity contribution in [2.45, 2.75) is 31.7 Å². The molecule has 7 heteroatoms. The van der Waals surface area contributed by atoms with Crippen molar-refractivity contribution in [3.05, 3.63) is 0 Å². The van der Waals surface area contributed by atoms with Crippen molar-refractivity contribution in [2.75, 3.05) is 26.7 Å². The van der Waals surface area contributed by atoms with Crippen LogP contribution in [0, 0.1) is 5.92 Å². The van der Waals surface area contributed by atoms with E-state index in [-0.39, 0.29) is 30.4 Å². The Labute approximate surface area is 117 Å². The number of carboxylic acids is 1. The van der Waals surface area contributed by atoms with Gasteiger partial charge in [0.15, 0.2) is 0 Å². The standard InChI is InChI=1S/C13H21N3O4/c1-15(8-11(17)14-10-2-3-10)13(20)16-6-4-9(5-7-16)12(18)19/h9-10H,2-8H2,1H3,(H,14,17)(H,18,19). The minimum absolute atomic E-state index is 0.0498. The van der Waals surface area contributed by atoms with E-state index in [1.165, 1.54) is 4.90 Å². The number of likely N-dealkylation sites (tertiary alicyclic amines) is 1. The van der Waals surface area contributed by atoms with Gasteiger partial charge in [-0.25, -0.2) is 4.79 Å². The molecule has 0 atom stereocenters. The molecule has 1 aliphatic carbocycles. The Morgan fingerprint density at radius 2 is 1.80 bits per heavy atom. The van der Waals surface area contributed by atoms with E-state index >= 15 is 0 Å². The fraction of sp³-hybridized carbons (Fsp3) is 0.769. The van der Waals surface area contributed by atoms with Crippen LogP contribution in [0.3, 0.4) is 0 Å². The SMILES string of the molecule is CN(CC(=O)NC1CC1)C(=O)N1CCC(C(=O)O)CC1. The van der Waals surface area contributed by atoms with E-state index in [9.17, 15) is 14.4 Å². The van der Waals surface area contributed by atoms with Gasteiger partial charge in [-0.15, -0.1) is 0 Å². The minimum atomic E-state index is -0.797. The second kappa shape index (κ2) is 6.11. The summed E-state index contributed by atoms with van der Waals surface area (Å²) in [6, 6.07) is 0.0806. The van der Waals surface area contributed by atoms with Gasteiger partial charge >= 0.3 is 12.0 Å². The fourth-order valence-electron chi connectivity index (χ4n) is 2.34. The Kier molecular flexibility index (Phi) is 4.46. The highest BCUT2D eigenvalue weighted by Crippen LogP contribution is 2.19. The van der Waals surface area contributed by atoms with Gasteiger partial charge < -0.3 is 20.2 Å². The highest BCUT2D eigenvalue weighted by Gasteiger charge is 2.29. The lowest BCUT2D eigenvalue weighted by Crippen LogP contribution is -2.48. The number of aliphatic carboxylic acids is 1. The lowest BCUT2D eigenvalue weighted by Gasteiger charge is -2.33. The molecular weight excluding hydrogens is 262 g/mol. The summed E-state index contributed by atoms with van der Waals surface area (Å²) in [5, 5.41) is 11.7. The van der Waals surface area contributed by atoms with Crippen LogP contribution < -0.4 is 5.32 Å². The Balaban J connectivity index is 1.75. The molecule has 2 N–H and O–H groups in total. The molecule has 0 spiro atoms. The van der Waals surface area contributed by atoms with Crippen LogP contribution in [0.5, 0.6) is 0 Å². The third kappa shape index (κ3) is 3.85. The lowest BCUT2D eigenvalue weighted by atomic mass is 9.97. The van der Waals surface area contributed by atoms with Gasteiger partial charge in [-0.05, 0) is 25.7 Å². The van der Waals surface area contributed by atoms with Gasteiger partial charge in [-0.3, -0.25) is 9.59 Å². The average Bonchev–Trinajstić information content (AvgIpc) is 3.21. The van der Waals surface area contributed by atoms with Crippen molar-refractivity contribution >= 4 is 17.9 Å². The minimum Gasteiger partial charge on any atom is -0.481 e. The van der Waals surface area contributed by atoms with E-state index < -0.39 is 5.97 Å². The summed E-state index contributed by atoms with van der Waals surface area (Å²) >= 11 is 0. The predicted octanol–water partition coefficient (Wildman–Crippen LogP) is 0.113. The Hall–Kier alpha value is -1.79. The monoisotopic (exact) mass is 283 g/mol. The summed E-state index contributed by atoms with van der Waals surface area (Å²) in [5.41, 5.74) is 0. The molecule has 0 aromatic heterocycles. The van der Waals surface area contributed by atoms with Gasteiger partial charge in [0.1, 0.15) is 6.54 Å². The summed E-state index contributed by atoms with van der Waals surface area (Å²) in [7, 11) is 1.60. The molecule has 0 aromatic rings. The van der Waals surface area contributed by atoms with E-state index in [0.717, 1.165) is 12.8 Å². The molecule has 1 saturated carbocycles. The number of urea groups is 1. The maximum absolute atomic E-state index is 12.1. The largest absolute Gasteiger partial charge is 0.481 e. The van der Waals surface area contributed by atoms with E-state index in [0.29, 0.717) is 25.9 Å². The van der Waals surface area contributed by atoms with Crippen LogP contribution in [-0.2, 0) is 9.59 Å². The average molecular weight is 283 g/mol. The Morgan fingerprint density at radius 1 is 1.20 bits per heavy atom. The number of piperidine rings is 1. The number of carboxylic acid groups (broad SMARTS) is 1. The van der Waals surface area contributed by atoms with Crippen LogP contribution in [0.4, 0.5) is 4.79 Å². The van der Waals surface area contributed by atoms with Crippen molar-refractivity contribution in [1.29, 1.82) is 0 Å². The molecule has 0 bridgehead atoms. The summed E-state index contributed by atoms with van der Waals surface area (Å²) in [6.45, 7) is 0.920. The van der Waals surface area contributed by atoms with Crippen molar-refractivity contribution < 1.29 is 19.5 Å². The number of nitrogens with one attached hydrogen (secondary N) is 1. The van der Waals surface area contributed by atoms with Crippen LogP contribution >= 0.6 is 0 Å². The van der Waals surface area contributed by atoms with Crippen molar-refractivity contribution in [3.63, 3.8) is 0 Å². The van der Waals surface area contributed by atoms with Crippen LogP contribution in [0.2, 0.25) is 0 Å². The van der Waals surface area contributed by atoms with E-state index in [1.54, 1.807) is 11.9 Å². The molecule has 7 nitrogen and oxygen atoms in total. The van der Waals surface area contributed by atoms with Crippen molar-refractivity contribution in [1.82, 2.24) is 15.1 Å².